The molecule has 2 unspecified atom stereocenters. The summed E-state index contributed by atoms with van der Waals surface area (Å²) < 4.78 is 40.7. The first-order valence-electron chi connectivity index (χ1n) is 15.0. The lowest BCUT2D eigenvalue weighted by atomic mass is 9.88. The molecule has 2 atom stereocenters. The summed E-state index contributed by atoms with van der Waals surface area (Å²) in [6.45, 7) is 9.91. The maximum atomic E-state index is 14.2. The maximum Gasteiger partial charge on any atom is 0.245 e. The van der Waals surface area contributed by atoms with Crippen LogP contribution in [0.2, 0.25) is 0 Å². The lowest BCUT2D eigenvalue weighted by Crippen LogP contribution is -2.55. The lowest BCUT2D eigenvalue weighted by molar-refractivity contribution is -0.125. The van der Waals surface area contributed by atoms with Crippen molar-refractivity contribution >= 4 is 21.8 Å². The molecular weight excluding hydrogens is 584 g/mol. The van der Waals surface area contributed by atoms with Crippen LogP contribution in [0.15, 0.2) is 53.4 Å². The third-order valence-electron chi connectivity index (χ3n) is 7.12. The Morgan fingerprint density at radius 3 is 2.30 bits per heavy atom. The van der Waals surface area contributed by atoms with Crippen LogP contribution >= 0.6 is 0 Å². The number of rotatable bonds is 16. The van der Waals surface area contributed by atoms with Crippen LogP contribution in [0, 0.1) is 11.3 Å². The third kappa shape index (κ3) is 9.91. The fraction of sp³-hybridized carbons (Fsp3) is 0.562. The largest absolute Gasteiger partial charge is 0.451 e. The summed E-state index contributed by atoms with van der Waals surface area (Å²) >= 11 is 0. The van der Waals surface area contributed by atoms with Crippen LogP contribution in [-0.2, 0) is 26.0 Å². The highest BCUT2D eigenvalue weighted by atomic mass is 32.2. The van der Waals surface area contributed by atoms with Crippen molar-refractivity contribution in [2.24, 2.45) is 11.3 Å². The molecule has 12 heteroatoms. The standard InChI is InChI=1S/C32H48N4O7S/c1-23(2)20-36(44(40,41)26-13-14-27-28(17-26)43-24(3)42-27)32(39,18-25-11-9-8-10-12-25)15-16-33-29(37)19-31(4,5)22-34-30(38)21-35(6)7/h8-14,17,23-24,39H,15-16,18-22H2,1-7H3,(H,33,37)(H,34,38). The molecule has 0 fully saturated rings. The monoisotopic (exact) mass is 632 g/mol. The zero-order valence-electron chi connectivity index (χ0n) is 26.9. The van der Waals surface area contributed by atoms with Crippen molar-refractivity contribution in [3.8, 4) is 11.5 Å². The van der Waals surface area contributed by atoms with Crippen molar-refractivity contribution in [2.45, 2.75) is 70.8 Å². The van der Waals surface area contributed by atoms with Crippen molar-refractivity contribution in [1.82, 2.24) is 19.8 Å². The van der Waals surface area contributed by atoms with E-state index >= 15 is 0 Å². The van der Waals surface area contributed by atoms with Gasteiger partial charge in [0.25, 0.3) is 0 Å². The van der Waals surface area contributed by atoms with Gasteiger partial charge in [-0.1, -0.05) is 58.0 Å². The van der Waals surface area contributed by atoms with E-state index in [4.69, 9.17) is 9.47 Å². The minimum Gasteiger partial charge on any atom is -0.451 e. The summed E-state index contributed by atoms with van der Waals surface area (Å²) in [6.07, 6.45) is -0.440. The quantitative estimate of drug-likeness (QED) is 0.240. The third-order valence-corrected chi connectivity index (χ3v) is 9.04. The van der Waals surface area contributed by atoms with Crippen LogP contribution in [0.3, 0.4) is 0 Å². The molecule has 0 saturated carbocycles. The second kappa shape index (κ2) is 14.7. The number of benzene rings is 2. The Morgan fingerprint density at radius 1 is 1.00 bits per heavy atom. The summed E-state index contributed by atoms with van der Waals surface area (Å²) in [7, 11) is -0.614. The number of aliphatic hydroxyl groups is 1. The van der Waals surface area contributed by atoms with Gasteiger partial charge < -0.3 is 30.1 Å². The molecule has 244 valence electrons. The van der Waals surface area contributed by atoms with Crippen molar-refractivity contribution in [1.29, 1.82) is 0 Å². The molecule has 0 radical (unpaired) electrons. The van der Waals surface area contributed by atoms with Crippen LogP contribution in [0.5, 0.6) is 11.5 Å². The molecule has 3 N–H and O–H groups in total. The predicted molar refractivity (Wildman–Crippen MR) is 169 cm³/mol. The second-order valence-corrected chi connectivity index (χ2v) is 14.8. The predicted octanol–water partition coefficient (Wildman–Crippen LogP) is 2.98. The first-order valence-corrected chi connectivity index (χ1v) is 16.4. The average Bonchev–Trinajstić information content (AvgIpc) is 3.29. The highest BCUT2D eigenvalue weighted by Gasteiger charge is 2.43. The van der Waals surface area contributed by atoms with Gasteiger partial charge in [0.15, 0.2) is 11.5 Å². The number of carbonyl (C=O) groups is 2. The molecule has 0 saturated heterocycles. The van der Waals surface area contributed by atoms with Gasteiger partial charge in [-0.25, -0.2) is 8.42 Å². The molecule has 0 aliphatic carbocycles. The fourth-order valence-electron chi connectivity index (χ4n) is 5.04. The van der Waals surface area contributed by atoms with Gasteiger partial charge >= 0.3 is 0 Å². The Kier molecular flexibility index (Phi) is 11.8. The first kappa shape index (κ1) is 35.3. The highest BCUT2D eigenvalue weighted by Crippen LogP contribution is 2.38. The topological polar surface area (TPSA) is 138 Å². The van der Waals surface area contributed by atoms with Gasteiger partial charge in [0.05, 0.1) is 11.4 Å². The molecule has 2 aromatic rings. The van der Waals surface area contributed by atoms with E-state index in [-0.39, 0.29) is 61.5 Å². The Morgan fingerprint density at radius 2 is 1.66 bits per heavy atom. The van der Waals surface area contributed by atoms with E-state index in [1.807, 2.05) is 58.0 Å². The van der Waals surface area contributed by atoms with Crippen LogP contribution in [0.25, 0.3) is 0 Å². The number of nitrogens with one attached hydrogen (secondary N) is 2. The number of sulfonamides is 1. The van der Waals surface area contributed by atoms with E-state index in [0.29, 0.717) is 18.0 Å². The number of nitrogens with zero attached hydrogens (tertiary/aromatic N) is 2. The molecule has 3 rings (SSSR count). The SMILES string of the molecule is CC(C)CN(C(O)(CCNC(=O)CC(C)(C)CNC(=O)CN(C)C)Cc1ccccc1)S(=O)(=O)c1ccc2c(c1)OC(C)O2. The van der Waals surface area contributed by atoms with Crippen molar-refractivity contribution in [3.05, 3.63) is 54.1 Å². The minimum absolute atomic E-state index is 0.0145. The summed E-state index contributed by atoms with van der Waals surface area (Å²) in [6, 6.07) is 13.6. The van der Waals surface area contributed by atoms with Crippen molar-refractivity contribution in [2.75, 3.05) is 40.3 Å². The second-order valence-electron chi connectivity index (χ2n) is 12.9. The van der Waals surface area contributed by atoms with Crippen LogP contribution in [-0.4, -0.2) is 86.8 Å². The van der Waals surface area contributed by atoms with Gasteiger partial charge in [0.2, 0.25) is 28.1 Å². The smallest absolute Gasteiger partial charge is 0.245 e. The molecule has 2 amide bonds. The molecule has 0 spiro atoms. The summed E-state index contributed by atoms with van der Waals surface area (Å²) in [5.74, 6) is 0.274. The molecule has 1 aliphatic heterocycles. The molecule has 0 bridgehead atoms. The van der Waals surface area contributed by atoms with E-state index < -0.39 is 27.5 Å². The van der Waals surface area contributed by atoms with E-state index in [9.17, 15) is 23.1 Å². The number of hydrogen-bond donors (Lipinski definition) is 3. The first-order chi connectivity index (χ1) is 20.5. The number of amides is 2. The Balaban J connectivity index is 1.81. The van der Waals surface area contributed by atoms with Gasteiger partial charge in [-0.15, -0.1) is 0 Å². The molecule has 1 aliphatic rings. The van der Waals surface area contributed by atoms with Gasteiger partial charge in [-0.05, 0) is 43.1 Å². The van der Waals surface area contributed by atoms with E-state index in [0.717, 1.165) is 9.87 Å². The maximum absolute atomic E-state index is 14.2. The Bertz CT molecular complexity index is 1380. The van der Waals surface area contributed by atoms with Crippen LogP contribution < -0.4 is 20.1 Å². The summed E-state index contributed by atoms with van der Waals surface area (Å²) in [5, 5.41) is 18.0. The Hall–Kier alpha value is -3.19. The summed E-state index contributed by atoms with van der Waals surface area (Å²) in [5.41, 5.74) is -1.63. The summed E-state index contributed by atoms with van der Waals surface area (Å²) in [4.78, 5) is 26.8. The number of fused-ring (bicyclic) bond motifs is 1. The normalized spacial score (nSPS) is 16.3. The lowest BCUT2D eigenvalue weighted by Gasteiger charge is -2.40. The van der Waals surface area contributed by atoms with Crippen molar-refractivity contribution in [3.63, 3.8) is 0 Å². The number of carbonyl (C=O) groups excluding carboxylic acids is 2. The highest BCUT2D eigenvalue weighted by molar-refractivity contribution is 7.89. The van der Waals surface area contributed by atoms with Gasteiger partial charge in [0, 0.05) is 51.9 Å². The van der Waals surface area contributed by atoms with Gasteiger partial charge in [-0.2, -0.15) is 4.31 Å². The minimum atomic E-state index is -4.23. The van der Waals surface area contributed by atoms with E-state index in [1.165, 1.54) is 12.1 Å². The molecule has 11 nitrogen and oxygen atoms in total. The number of ether oxygens (including phenoxy) is 2. The molecule has 2 aromatic carbocycles. The van der Waals surface area contributed by atoms with Crippen molar-refractivity contribution < 1.29 is 32.6 Å². The van der Waals surface area contributed by atoms with Crippen LogP contribution in [0.1, 0.15) is 53.0 Å². The van der Waals surface area contributed by atoms with Gasteiger partial charge in [-0.3, -0.25) is 9.59 Å². The van der Waals surface area contributed by atoms with E-state index in [2.05, 4.69) is 10.6 Å². The molecule has 44 heavy (non-hydrogen) atoms. The van der Waals surface area contributed by atoms with E-state index in [1.54, 1.807) is 32.0 Å². The molecular formula is C32H48N4O7S. The molecule has 1 heterocycles. The fourth-order valence-corrected chi connectivity index (χ4v) is 6.89. The van der Waals surface area contributed by atoms with Gasteiger partial charge in [0.1, 0.15) is 5.72 Å². The Labute approximate surface area is 262 Å². The zero-order valence-corrected chi connectivity index (χ0v) is 27.7. The van der Waals surface area contributed by atoms with Crippen LogP contribution in [0.4, 0.5) is 0 Å². The zero-order chi connectivity index (χ0) is 32.7. The number of likely N-dealkylation sites (N-methyl/N-ethyl adjacent to an activating group) is 1. The number of hydrogen-bond acceptors (Lipinski definition) is 8. The average molecular weight is 633 g/mol. The molecule has 0 aromatic heterocycles.